The highest BCUT2D eigenvalue weighted by Crippen LogP contribution is 2.37. The number of benzene rings is 2. The Labute approximate surface area is 219 Å². The number of hydrogen-bond acceptors (Lipinski definition) is 6. The van der Waals surface area contributed by atoms with Crippen LogP contribution in [-0.2, 0) is 25.4 Å². The van der Waals surface area contributed by atoms with Gasteiger partial charge in [-0.15, -0.1) is 0 Å². The fraction of sp³-hybridized carbons (Fsp3) is 0.429. The van der Waals surface area contributed by atoms with E-state index < -0.39 is 36.0 Å². The van der Waals surface area contributed by atoms with Crippen molar-refractivity contribution < 1.29 is 33.5 Å². The van der Waals surface area contributed by atoms with Gasteiger partial charge in [-0.05, 0) is 78.1 Å². The zero-order valence-corrected chi connectivity index (χ0v) is 22.8. The molecule has 1 fully saturated rings. The Morgan fingerprint density at radius 1 is 1.00 bits per heavy atom. The smallest absolute Gasteiger partial charge is 0.488 e. The predicted molar refractivity (Wildman–Crippen MR) is 143 cm³/mol. The summed E-state index contributed by atoms with van der Waals surface area (Å²) in [6.45, 7) is 14.8. The average molecular weight is 509 g/mol. The van der Waals surface area contributed by atoms with Gasteiger partial charge in [0, 0.05) is 5.56 Å². The highest BCUT2D eigenvalue weighted by molar-refractivity contribution is 6.62. The van der Waals surface area contributed by atoms with Crippen molar-refractivity contribution in [2.75, 3.05) is 0 Å². The Bertz CT molecular complexity index is 1170. The molecular formula is C28H36BNO7. The third kappa shape index (κ3) is 6.93. The Kier molecular flexibility index (Phi) is 8.10. The average Bonchev–Trinajstić information content (AvgIpc) is 3.01. The minimum atomic E-state index is -1.31. The highest BCUT2D eigenvalue weighted by Gasteiger charge is 2.51. The predicted octanol–water partition coefficient (Wildman–Crippen LogP) is 4.91. The van der Waals surface area contributed by atoms with Crippen LogP contribution in [0.5, 0.6) is 5.75 Å². The van der Waals surface area contributed by atoms with E-state index in [-0.39, 0.29) is 12.3 Å². The molecule has 0 aliphatic carbocycles. The molecule has 2 aromatic rings. The first kappa shape index (κ1) is 28.3. The number of carboxylic acid groups (broad SMARTS) is 1. The van der Waals surface area contributed by atoms with Crippen LogP contribution in [0.3, 0.4) is 0 Å². The normalized spacial score (nSPS) is 17.1. The first-order chi connectivity index (χ1) is 17.1. The summed E-state index contributed by atoms with van der Waals surface area (Å²) in [5.74, 6) is -0.857. The molecule has 8 nitrogen and oxygen atoms in total. The van der Waals surface area contributed by atoms with Crippen LogP contribution < -0.4 is 15.5 Å². The number of carbonyl (C=O) groups is 2. The van der Waals surface area contributed by atoms with Crippen molar-refractivity contribution in [2.24, 2.45) is 0 Å². The first-order valence-electron chi connectivity index (χ1n) is 12.2. The summed E-state index contributed by atoms with van der Waals surface area (Å²) in [4.78, 5) is 24.6. The van der Waals surface area contributed by atoms with Crippen molar-refractivity contribution in [3.05, 3.63) is 65.4 Å². The number of aliphatic carboxylic acids is 1. The van der Waals surface area contributed by atoms with E-state index in [0.29, 0.717) is 22.3 Å². The van der Waals surface area contributed by atoms with Crippen molar-refractivity contribution >= 4 is 30.2 Å². The third-order valence-electron chi connectivity index (χ3n) is 6.39. The van der Waals surface area contributed by atoms with Crippen LogP contribution in [0.15, 0.2) is 54.2 Å². The number of ether oxygens (including phenoxy) is 2. The molecule has 0 aromatic heterocycles. The largest absolute Gasteiger partial charge is 0.494 e. The summed E-state index contributed by atoms with van der Waals surface area (Å²) < 4.78 is 23.8. The van der Waals surface area contributed by atoms with Gasteiger partial charge in [0.15, 0.2) is 0 Å². The number of alkyl carbamates (subject to hydrolysis) is 1. The van der Waals surface area contributed by atoms with Gasteiger partial charge in [-0.3, -0.25) is 5.32 Å². The highest BCUT2D eigenvalue weighted by atomic mass is 16.7. The number of amides is 1. The summed E-state index contributed by atoms with van der Waals surface area (Å²) in [7, 11) is -0.660. The van der Waals surface area contributed by atoms with Crippen molar-refractivity contribution in [2.45, 2.75) is 78.8 Å². The Morgan fingerprint density at radius 2 is 1.59 bits per heavy atom. The van der Waals surface area contributed by atoms with E-state index >= 15 is 0 Å². The lowest BCUT2D eigenvalue weighted by atomic mass is 9.77. The molecule has 1 amide bonds. The molecule has 1 saturated heterocycles. The van der Waals surface area contributed by atoms with E-state index in [9.17, 15) is 14.7 Å². The van der Waals surface area contributed by atoms with E-state index in [4.69, 9.17) is 18.8 Å². The fourth-order valence-corrected chi connectivity index (χ4v) is 3.68. The van der Waals surface area contributed by atoms with E-state index in [0.717, 1.165) is 5.56 Å². The standard InChI is InChI=1S/C28H36BNO7/c1-18(23(24(31)32)30-25(33)35-26(2,3)4)21-16-20(29-36-27(5,6)28(7,8)37-29)14-15-22(21)34-17-19-12-10-9-11-13-19/h9-16H,17H2,1-8H3,(H,30,33)(H,31,32). The van der Waals surface area contributed by atoms with Crippen molar-refractivity contribution in [3.8, 4) is 5.75 Å². The molecule has 0 radical (unpaired) electrons. The van der Waals surface area contributed by atoms with Crippen LogP contribution in [0.2, 0.25) is 0 Å². The molecule has 198 valence electrons. The number of carboxylic acids is 1. The molecule has 0 unspecified atom stereocenters. The number of rotatable bonds is 7. The van der Waals surface area contributed by atoms with Crippen LogP contribution in [0.4, 0.5) is 4.79 Å². The van der Waals surface area contributed by atoms with E-state index in [1.54, 1.807) is 39.8 Å². The summed E-state index contributed by atoms with van der Waals surface area (Å²) in [5.41, 5.74) is 0.229. The second-order valence-corrected chi connectivity index (χ2v) is 11.1. The SMILES string of the molecule is CC(=C(NC(=O)OC(C)(C)C)C(=O)O)c1cc(B2OC(C)(C)C(C)(C)O2)ccc1OCc1ccccc1. The lowest BCUT2D eigenvalue weighted by Gasteiger charge is -2.32. The molecule has 0 spiro atoms. The van der Waals surface area contributed by atoms with Gasteiger partial charge in [0.2, 0.25) is 0 Å². The Balaban J connectivity index is 2.04. The summed E-state index contributed by atoms with van der Waals surface area (Å²) in [6, 6.07) is 15.0. The lowest BCUT2D eigenvalue weighted by molar-refractivity contribution is -0.133. The molecule has 2 aromatic carbocycles. The van der Waals surface area contributed by atoms with Crippen molar-refractivity contribution in [1.82, 2.24) is 5.32 Å². The first-order valence-corrected chi connectivity index (χ1v) is 12.2. The zero-order chi connectivity index (χ0) is 27.6. The van der Waals surface area contributed by atoms with Gasteiger partial charge in [-0.2, -0.15) is 0 Å². The minimum Gasteiger partial charge on any atom is -0.488 e. The van der Waals surface area contributed by atoms with Crippen LogP contribution in [0, 0.1) is 0 Å². The summed E-state index contributed by atoms with van der Waals surface area (Å²) in [5, 5.41) is 12.3. The molecule has 37 heavy (non-hydrogen) atoms. The molecule has 9 heteroatoms. The molecule has 0 bridgehead atoms. The monoisotopic (exact) mass is 509 g/mol. The van der Waals surface area contributed by atoms with Gasteiger partial charge in [-0.25, -0.2) is 9.59 Å². The van der Waals surface area contributed by atoms with Crippen LogP contribution in [0.1, 0.15) is 66.5 Å². The van der Waals surface area contributed by atoms with Crippen LogP contribution in [-0.4, -0.2) is 41.1 Å². The Morgan fingerprint density at radius 3 is 2.14 bits per heavy atom. The molecule has 2 N–H and O–H groups in total. The maximum absolute atomic E-state index is 12.4. The van der Waals surface area contributed by atoms with Crippen LogP contribution >= 0.6 is 0 Å². The van der Waals surface area contributed by atoms with Gasteiger partial charge < -0.3 is 23.9 Å². The van der Waals surface area contributed by atoms with Gasteiger partial charge in [0.05, 0.1) is 11.2 Å². The molecule has 0 atom stereocenters. The van der Waals surface area contributed by atoms with Gasteiger partial charge >= 0.3 is 19.2 Å². The fourth-order valence-electron chi connectivity index (χ4n) is 3.68. The third-order valence-corrected chi connectivity index (χ3v) is 6.39. The van der Waals surface area contributed by atoms with Gasteiger partial charge in [0.25, 0.3) is 0 Å². The summed E-state index contributed by atoms with van der Waals surface area (Å²) in [6.07, 6.45) is -0.863. The number of carbonyl (C=O) groups excluding carboxylic acids is 1. The van der Waals surface area contributed by atoms with E-state index in [2.05, 4.69) is 5.32 Å². The molecule has 1 aliphatic rings. The second-order valence-electron chi connectivity index (χ2n) is 11.1. The number of nitrogens with one attached hydrogen (secondary N) is 1. The van der Waals surface area contributed by atoms with Crippen molar-refractivity contribution in [1.29, 1.82) is 0 Å². The molecule has 3 rings (SSSR count). The van der Waals surface area contributed by atoms with Crippen LogP contribution in [0.25, 0.3) is 5.57 Å². The zero-order valence-electron chi connectivity index (χ0n) is 22.8. The van der Waals surface area contributed by atoms with E-state index in [1.165, 1.54) is 0 Å². The van der Waals surface area contributed by atoms with E-state index in [1.807, 2.05) is 64.1 Å². The number of allylic oxidation sites excluding steroid dienone is 1. The Hall–Kier alpha value is -3.30. The van der Waals surface area contributed by atoms with Gasteiger partial charge in [-0.1, -0.05) is 42.5 Å². The number of hydrogen-bond donors (Lipinski definition) is 2. The van der Waals surface area contributed by atoms with Gasteiger partial charge in [0.1, 0.15) is 23.7 Å². The van der Waals surface area contributed by atoms with Crippen molar-refractivity contribution in [3.63, 3.8) is 0 Å². The quantitative estimate of drug-likeness (QED) is 0.404. The molecule has 0 saturated carbocycles. The second kappa shape index (κ2) is 10.6. The molecule has 1 aliphatic heterocycles. The molecule has 1 heterocycles. The minimum absolute atomic E-state index is 0.277. The maximum atomic E-state index is 12.4. The summed E-state index contributed by atoms with van der Waals surface area (Å²) >= 11 is 0. The topological polar surface area (TPSA) is 103 Å². The molecular weight excluding hydrogens is 473 g/mol. The maximum Gasteiger partial charge on any atom is 0.494 e. The lowest BCUT2D eigenvalue weighted by Crippen LogP contribution is -2.41.